The Morgan fingerprint density at radius 2 is 1.14 bits per heavy atom. The summed E-state index contributed by atoms with van der Waals surface area (Å²) in [6.07, 6.45) is -2.69. The Morgan fingerprint density at radius 1 is 0.622 bits per heavy atom. The third-order valence-electron chi connectivity index (χ3n) is 5.33. The molecule has 0 unspecified atom stereocenters. The molecule has 0 aliphatic rings. The lowest BCUT2D eigenvalue weighted by Gasteiger charge is -2.11. The average molecular weight is 520 g/mol. The van der Waals surface area contributed by atoms with Crippen LogP contribution in [0.4, 0.5) is 13.2 Å². The summed E-state index contributed by atoms with van der Waals surface area (Å²) in [6, 6.07) is 16.5. The lowest BCUT2D eigenvalue weighted by molar-refractivity contribution is -0.137. The molecule has 3 rings (SSSR count). The fourth-order valence-electron chi connectivity index (χ4n) is 3.47. The molecule has 0 saturated heterocycles. The van der Waals surface area contributed by atoms with Gasteiger partial charge < -0.3 is 23.7 Å². The first-order valence-electron chi connectivity index (χ1n) is 12.0. The zero-order chi connectivity index (χ0) is 26.3. The van der Waals surface area contributed by atoms with Crippen molar-refractivity contribution in [3.05, 3.63) is 78.1 Å². The molecule has 2 aromatic carbocycles. The van der Waals surface area contributed by atoms with E-state index >= 15 is 0 Å². The number of nitrogens with zero attached hydrogens (tertiary/aromatic N) is 1. The standard InChI is InChI=1S/C28H32F3NO5/c1-33-10-11-34-12-13-35-14-15-36-16-17-37-21-27-20-25(8-9-32-27)23-5-2-4-22(18-23)24-6-3-7-26(19-24)28(29,30)31/h2-9,18-20H,10-17,21H2,1H3. The fraction of sp³-hybridized carbons (Fsp3) is 0.393. The van der Waals surface area contributed by atoms with Crippen molar-refractivity contribution >= 4 is 0 Å². The highest BCUT2D eigenvalue weighted by molar-refractivity contribution is 5.73. The van der Waals surface area contributed by atoms with Gasteiger partial charge in [-0.2, -0.15) is 13.2 Å². The molecule has 3 aromatic rings. The van der Waals surface area contributed by atoms with E-state index < -0.39 is 11.7 Å². The maximum absolute atomic E-state index is 13.1. The van der Waals surface area contributed by atoms with Crippen molar-refractivity contribution in [2.24, 2.45) is 0 Å². The number of aromatic nitrogens is 1. The van der Waals surface area contributed by atoms with Crippen molar-refractivity contribution in [1.82, 2.24) is 4.98 Å². The summed E-state index contributed by atoms with van der Waals surface area (Å²) in [7, 11) is 1.63. The van der Waals surface area contributed by atoms with E-state index in [0.29, 0.717) is 70.6 Å². The molecule has 0 fully saturated rings. The molecule has 1 aromatic heterocycles. The monoisotopic (exact) mass is 519 g/mol. The first kappa shape index (κ1) is 28.7. The van der Waals surface area contributed by atoms with Crippen LogP contribution in [0.2, 0.25) is 0 Å². The van der Waals surface area contributed by atoms with Crippen LogP contribution in [0.5, 0.6) is 0 Å². The maximum Gasteiger partial charge on any atom is 0.416 e. The lowest BCUT2D eigenvalue weighted by atomic mass is 9.98. The number of methoxy groups -OCH3 is 1. The highest BCUT2D eigenvalue weighted by atomic mass is 19.4. The normalized spacial score (nSPS) is 11.7. The van der Waals surface area contributed by atoms with Crippen LogP contribution >= 0.6 is 0 Å². The van der Waals surface area contributed by atoms with E-state index in [9.17, 15) is 13.2 Å². The predicted molar refractivity (Wildman–Crippen MR) is 134 cm³/mol. The van der Waals surface area contributed by atoms with Gasteiger partial charge in [-0.15, -0.1) is 0 Å². The van der Waals surface area contributed by atoms with Crippen LogP contribution in [0.1, 0.15) is 11.3 Å². The summed E-state index contributed by atoms with van der Waals surface area (Å²) in [4.78, 5) is 4.35. The zero-order valence-electron chi connectivity index (χ0n) is 20.8. The minimum atomic E-state index is -4.38. The van der Waals surface area contributed by atoms with Crippen LogP contribution in [0.25, 0.3) is 22.3 Å². The predicted octanol–water partition coefficient (Wildman–Crippen LogP) is 5.65. The second-order valence-corrected chi connectivity index (χ2v) is 8.08. The number of alkyl halides is 3. The van der Waals surface area contributed by atoms with Gasteiger partial charge in [0.05, 0.1) is 70.7 Å². The van der Waals surface area contributed by atoms with Gasteiger partial charge in [0, 0.05) is 13.3 Å². The van der Waals surface area contributed by atoms with Crippen molar-refractivity contribution in [2.75, 3.05) is 60.0 Å². The molecule has 1 heterocycles. The van der Waals surface area contributed by atoms with Crippen LogP contribution in [0.3, 0.4) is 0 Å². The molecule has 9 heteroatoms. The fourth-order valence-corrected chi connectivity index (χ4v) is 3.47. The summed E-state index contributed by atoms with van der Waals surface area (Å²) in [5, 5.41) is 0. The Hall–Kier alpha value is -2.82. The maximum atomic E-state index is 13.1. The number of halogens is 3. The summed E-state index contributed by atoms with van der Waals surface area (Å²) in [6.45, 7) is 4.27. The number of hydrogen-bond donors (Lipinski definition) is 0. The van der Waals surface area contributed by atoms with E-state index in [1.165, 1.54) is 6.07 Å². The van der Waals surface area contributed by atoms with Crippen molar-refractivity contribution < 1.29 is 36.9 Å². The van der Waals surface area contributed by atoms with E-state index in [1.807, 2.05) is 30.3 Å². The van der Waals surface area contributed by atoms with Crippen molar-refractivity contribution in [3.8, 4) is 22.3 Å². The molecule has 0 saturated carbocycles. The second kappa shape index (κ2) is 15.4. The SMILES string of the molecule is COCCOCCOCCOCCOCc1cc(-c2cccc(-c3cccc(C(F)(F)F)c3)c2)ccn1. The van der Waals surface area contributed by atoms with Crippen molar-refractivity contribution in [3.63, 3.8) is 0 Å². The van der Waals surface area contributed by atoms with Gasteiger partial charge in [-0.05, 0) is 52.6 Å². The molecule has 0 N–H and O–H groups in total. The minimum absolute atomic E-state index is 0.319. The second-order valence-electron chi connectivity index (χ2n) is 8.08. The highest BCUT2D eigenvalue weighted by Gasteiger charge is 2.30. The van der Waals surface area contributed by atoms with E-state index in [4.69, 9.17) is 23.7 Å². The molecule has 0 aliphatic heterocycles. The van der Waals surface area contributed by atoms with Gasteiger partial charge in [-0.1, -0.05) is 30.3 Å². The zero-order valence-corrected chi connectivity index (χ0v) is 20.8. The van der Waals surface area contributed by atoms with Gasteiger partial charge in [0.2, 0.25) is 0 Å². The molecule has 0 spiro atoms. The largest absolute Gasteiger partial charge is 0.416 e. The Kier molecular flexibility index (Phi) is 12.0. The number of ether oxygens (including phenoxy) is 5. The van der Waals surface area contributed by atoms with Crippen LogP contribution < -0.4 is 0 Å². The molecule has 6 nitrogen and oxygen atoms in total. The third kappa shape index (κ3) is 10.2. The number of hydrogen-bond acceptors (Lipinski definition) is 6. The molecule has 0 atom stereocenters. The quantitative estimate of drug-likeness (QED) is 0.228. The molecule has 0 radical (unpaired) electrons. The number of rotatable bonds is 16. The topological polar surface area (TPSA) is 59.0 Å². The number of pyridine rings is 1. The summed E-state index contributed by atoms with van der Waals surface area (Å²) in [5.74, 6) is 0. The first-order chi connectivity index (χ1) is 18.0. The average Bonchev–Trinajstić information content (AvgIpc) is 2.91. The van der Waals surface area contributed by atoms with Gasteiger partial charge in [0.1, 0.15) is 0 Å². The minimum Gasteiger partial charge on any atom is -0.382 e. The van der Waals surface area contributed by atoms with E-state index in [-0.39, 0.29) is 0 Å². The Bertz CT molecular complexity index is 1080. The number of benzene rings is 2. The molecular formula is C28H32F3NO5. The van der Waals surface area contributed by atoms with E-state index in [1.54, 1.807) is 25.4 Å². The Balaban J connectivity index is 1.42. The smallest absolute Gasteiger partial charge is 0.382 e. The highest BCUT2D eigenvalue weighted by Crippen LogP contribution is 2.33. The van der Waals surface area contributed by atoms with Crippen molar-refractivity contribution in [1.29, 1.82) is 0 Å². The molecule has 0 amide bonds. The van der Waals surface area contributed by atoms with Gasteiger partial charge >= 0.3 is 6.18 Å². The molecule has 0 bridgehead atoms. The summed E-state index contributed by atoms with van der Waals surface area (Å²) >= 11 is 0. The van der Waals surface area contributed by atoms with Gasteiger partial charge in [-0.25, -0.2) is 0 Å². The molecule has 0 aliphatic carbocycles. The van der Waals surface area contributed by atoms with Gasteiger partial charge in [0.15, 0.2) is 0 Å². The first-order valence-corrected chi connectivity index (χ1v) is 12.0. The molecular weight excluding hydrogens is 487 g/mol. The Labute approximate surface area is 215 Å². The third-order valence-corrected chi connectivity index (χ3v) is 5.33. The van der Waals surface area contributed by atoms with Crippen LogP contribution in [-0.4, -0.2) is 64.9 Å². The van der Waals surface area contributed by atoms with Gasteiger partial charge in [-0.3, -0.25) is 4.98 Å². The summed E-state index contributed by atoms with van der Waals surface area (Å²) in [5.41, 5.74) is 3.08. The van der Waals surface area contributed by atoms with Crippen LogP contribution in [-0.2, 0) is 36.5 Å². The summed E-state index contributed by atoms with van der Waals surface area (Å²) < 4.78 is 66.1. The molecule has 200 valence electrons. The van der Waals surface area contributed by atoms with Gasteiger partial charge in [0.25, 0.3) is 0 Å². The van der Waals surface area contributed by atoms with Crippen LogP contribution in [0, 0.1) is 0 Å². The van der Waals surface area contributed by atoms with Crippen molar-refractivity contribution in [2.45, 2.75) is 12.8 Å². The molecule has 37 heavy (non-hydrogen) atoms. The van der Waals surface area contributed by atoms with E-state index in [2.05, 4.69) is 4.98 Å². The van der Waals surface area contributed by atoms with E-state index in [0.717, 1.165) is 29.0 Å². The van der Waals surface area contributed by atoms with Crippen LogP contribution in [0.15, 0.2) is 66.9 Å². The Morgan fingerprint density at radius 3 is 1.73 bits per heavy atom. The lowest BCUT2D eigenvalue weighted by Crippen LogP contribution is -2.13.